The lowest BCUT2D eigenvalue weighted by atomic mass is 10.1. The number of carbonyl (C=O) groups is 2. The average molecular weight is 631 g/mol. The lowest BCUT2D eigenvalue weighted by Crippen LogP contribution is -2.12. The molecular weight excluding hydrogens is 593 g/mol. The normalized spacial score (nSPS) is 24.5. The number of carbonyl (C=O) groups excluding carboxylic acids is 2. The van der Waals surface area contributed by atoms with Crippen molar-refractivity contribution in [3.05, 3.63) is 59.7 Å². The van der Waals surface area contributed by atoms with Gasteiger partial charge < -0.3 is 9.47 Å². The third kappa shape index (κ3) is 9.40. The summed E-state index contributed by atoms with van der Waals surface area (Å²) in [5.74, 6) is 1.59. The first-order valence-electron chi connectivity index (χ1n) is 12.6. The van der Waals surface area contributed by atoms with E-state index in [9.17, 15) is 9.59 Å². The molecule has 3 rings (SSSR count). The topological polar surface area (TPSA) is 52.6 Å². The molecule has 2 fully saturated rings. The smallest absolute Gasteiger partial charge is 0.333 e. The summed E-state index contributed by atoms with van der Waals surface area (Å²) in [6, 6.07) is 9.28. The van der Waals surface area contributed by atoms with Crippen LogP contribution >= 0.6 is 70.6 Å². The van der Waals surface area contributed by atoms with E-state index in [1.807, 2.05) is 70.6 Å². The molecule has 4 nitrogen and oxygen atoms in total. The van der Waals surface area contributed by atoms with Gasteiger partial charge >= 0.3 is 11.9 Å². The van der Waals surface area contributed by atoms with Crippen LogP contribution in [0.25, 0.3) is 0 Å². The second-order valence-electron chi connectivity index (χ2n) is 9.31. The Kier molecular flexibility index (Phi) is 13.8. The molecule has 0 bridgehead atoms. The fourth-order valence-electron chi connectivity index (χ4n) is 4.06. The Morgan fingerprint density at radius 3 is 1.50 bits per heavy atom. The Balaban J connectivity index is 1.51. The number of esters is 2. The summed E-state index contributed by atoms with van der Waals surface area (Å²) < 4.78 is 11.6. The van der Waals surface area contributed by atoms with E-state index < -0.39 is 0 Å². The second kappa shape index (κ2) is 16.2. The molecule has 2 saturated heterocycles. The summed E-state index contributed by atoms with van der Waals surface area (Å²) in [6.07, 6.45) is 6.17. The van der Waals surface area contributed by atoms with Gasteiger partial charge in [-0.2, -0.15) is 23.5 Å². The molecule has 0 aromatic heterocycles. The van der Waals surface area contributed by atoms with Crippen LogP contribution in [0.1, 0.15) is 48.3 Å². The molecule has 2 aliphatic rings. The Hall–Kier alpha value is -0.260. The number of hydrogen-bond acceptors (Lipinski definition) is 10. The van der Waals surface area contributed by atoms with Crippen molar-refractivity contribution < 1.29 is 19.1 Å². The van der Waals surface area contributed by atoms with Crippen LogP contribution in [0.15, 0.2) is 48.6 Å². The molecule has 0 spiro atoms. The Bertz CT molecular complexity index is 892. The maximum Gasteiger partial charge on any atom is 0.333 e. The minimum absolute atomic E-state index is 0.295. The van der Waals surface area contributed by atoms with Gasteiger partial charge in [-0.25, -0.2) is 9.59 Å². The predicted octanol–water partition coefficient (Wildman–Crippen LogP) is 7.86. The Labute approximate surface area is 253 Å². The van der Waals surface area contributed by atoms with Gasteiger partial charge in [-0.1, -0.05) is 37.4 Å². The van der Waals surface area contributed by atoms with Crippen LogP contribution in [-0.2, 0) is 19.1 Å². The van der Waals surface area contributed by atoms with Crippen LogP contribution in [0.5, 0.6) is 0 Å². The Morgan fingerprint density at radius 2 is 1.18 bits per heavy atom. The van der Waals surface area contributed by atoms with Gasteiger partial charge in [0, 0.05) is 33.2 Å². The van der Waals surface area contributed by atoms with Crippen LogP contribution < -0.4 is 0 Å². The van der Waals surface area contributed by atoms with Gasteiger partial charge in [0.05, 0.1) is 32.9 Å². The molecule has 0 N–H and O–H groups in total. The minimum Gasteiger partial charge on any atom is -0.462 e. The highest BCUT2D eigenvalue weighted by Crippen LogP contribution is 2.52. The van der Waals surface area contributed by atoms with Crippen molar-refractivity contribution in [2.45, 2.75) is 56.9 Å². The quantitative estimate of drug-likeness (QED) is 0.150. The van der Waals surface area contributed by atoms with Crippen LogP contribution in [0.4, 0.5) is 0 Å². The van der Waals surface area contributed by atoms with Crippen molar-refractivity contribution in [1.82, 2.24) is 0 Å². The van der Waals surface area contributed by atoms with Crippen molar-refractivity contribution in [3.8, 4) is 0 Å². The van der Waals surface area contributed by atoms with E-state index in [4.69, 9.17) is 9.47 Å². The molecule has 10 heteroatoms. The molecule has 0 amide bonds. The molecule has 0 aliphatic carbocycles. The van der Waals surface area contributed by atoms with Gasteiger partial charge in [-0.05, 0) is 50.3 Å². The largest absolute Gasteiger partial charge is 0.462 e. The van der Waals surface area contributed by atoms with E-state index in [1.165, 1.54) is 11.1 Å². The van der Waals surface area contributed by atoms with Gasteiger partial charge in [-0.3, -0.25) is 0 Å². The van der Waals surface area contributed by atoms with Crippen LogP contribution in [0, 0.1) is 0 Å². The molecule has 1 aromatic rings. The average Bonchev–Trinajstić information content (AvgIpc) is 3.56. The summed E-state index contributed by atoms with van der Waals surface area (Å²) in [5.41, 5.74) is 3.67. The van der Waals surface area contributed by atoms with E-state index >= 15 is 0 Å². The SMILES string of the molecule is C=C(C)C(=O)OCCC1CSC(C(SC)c2ccc(C(SC)C3SCC(CCOC(=O)C(=C)C)S3)cc2)S1. The molecule has 2 aliphatic heterocycles. The minimum atomic E-state index is -0.295. The van der Waals surface area contributed by atoms with Crippen molar-refractivity contribution in [1.29, 1.82) is 0 Å². The number of hydrogen-bond donors (Lipinski definition) is 0. The highest BCUT2D eigenvalue weighted by Gasteiger charge is 2.35. The number of benzene rings is 1. The van der Waals surface area contributed by atoms with Crippen LogP contribution in [-0.4, -0.2) is 68.8 Å². The van der Waals surface area contributed by atoms with E-state index in [0.717, 1.165) is 24.3 Å². The molecule has 1 aromatic carbocycles. The van der Waals surface area contributed by atoms with Gasteiger partial charge in [0.25, 0.3) is 0 Å². The standard InChI is InChI=1S/C28H38O4S6/c1-17(2)25(29)31-13-11-21-15-35-27(37-21)23(33-5)19-7-9-20(10-8-19)24(34-6)28-36-16-22(38-28)12-14-32-26(30)18(3)4/h7-10,21-24,27-28H,1,3,11-16H2,2,4-6H3. The number of thioether (sulfide) groups is 6. The van der Waals surface area contributed by atoms with Gasteiger partial charge in [0.1, 0.15) is 0 Å². The molecule has 6 atom stereocenters. The first-order valence-corrected chi connectivity index (χ1v) is 19.1. The fourth-order valence-corrected chi connectivity index (χ4v) is 14.3. The summed E-state index contributed by atoms with van der Waals surface area (Å²) in [5, 5.41) is 1.87. The van der Waals surface area contributed by atoms with Crippen LogP contribution in [0.2, 0.25) is 0 Å². The lowest BCUT2D eigenvalue weighted by Gasteiger charge is -2.24. The summed E-state index contributed by atoms with van der Waals surface area (Å²) in [7, 11) is 0. The van der Waals surface area contributed by atoms with Crippen molar-refractivity contribution >= 4 is 82.5 Å². The first kappa shape index (κ1) is 32.3. The molecule has 6 unspecified atom stereocenters. The van der Waals surface area contributed by atoms with E-state index in [2.05, 4.69) is 49.9 Å². The monoisotopic (exact) mass is 630 g/mol. The van der Waals surface area contributed by atoms with E-state index in [1.54, 1.807) is 13.8 Å². The summed E-state index contributed by atoms with van der Waals surface area (Å²) >= 11 is 11.9. The van der Waals surface area contributed by atoms with Crippen LogP contribution in [0.3, 0.4) is 0 Å². The maximum absolute atomic E-state index is 11.6. The molecular formula is C28H38O4S6. The Morgan fingerprint density at radius 1 is 0.816 bits per heavy atom. The summed E-state index contributed by atoms with van der Waals surface area (Å²) in [6.45, 7) is 11.6. The maximum atomic E-state index is 11.6. The van der Waals surface area contributed by atoms with Gasteiger partial charge in [0.15, 0.2) is 0 Å². The third-order valence-corrected chi connectivity index (χ3v) is 15.9. The van der Waals surface area contributed by atoms with Crippen molar-refractivity contribution in [3.63, 3.8) is 0 Å². The third-order valence-electron chi connectivity index (χ3n) is 6.18. The zero-order valence-corrected chi connectivity index (χ0v) is 27.4. The molecule has 38 heavy (non-hydrogen) atoms. The summed E-state index contributed by atoms with van der Waals surface area (Å²) in [4.78, 5) is 23.3. The van der Waals surface area contributed by atoms with Gasteiger partial charge in [0.2, 0.25) is 0 Å². The van der Waals surface area contributed by atoms with Gasteiger partial charge in [-0.15, -0.1) is 47.0 Å². The zero-order chi connectivity index (χ0) is 27.7. The zero-order valence-electron chi connectivity index (χ0n) is 22.5. The number of ether oxygens (including phenoxy) is 2. The highest BCUT2D eigenvalue weighted by atomic mass is 32.2. The predicted molar refractivity (Wildman–Crippen MR) is 175 cm³/mol. The first-order chi connectivity index (χ1) is 18.2. The molecule has 0 saturated carbocycles. The van der Waals surface area contributed by atoms with Crippen molar-refractivity contribution in [2.24, 2.45) is 0 Å². The molecule has 0 radical (unpaired) electrons. The highest BCUT2D eigenvalue weighted by molar-refractivity contribution is 8.22. The van der Waals surface area contributed by atoms with E-state index in [-0.39, 0.29) is 11.9 Å². The second-order valence-corrected chi connectivity index (χ2v) is 17.1. The number of rotatable bonds is 14. The fraction of sp³-hybridized carbons (Fsp3) is 0.571. The van der Waals surface area contributed by atoms with Crippen molar-refractivity contribution in [2.75, 3.05) is 37.2 Å². The lowest BCUT2D eigenvalue weighted by molar-refractivity contribution is -0.139. The molecule has 210 valence electrons. The van der Waals surface area contributed by atoms with E-state index in [0.29, 0.717) is 54.5 Å². The molecule has 2 heterocycles.